The maximum Gasteiger partial charge on any atom is 0.492 e. The average molecular weight is 450 g/mol. The third-order valence-corrected chi connectivity index (χ3v) is 7.91. The Bertz CT molecular complexity index is 1800. The topological polar surface area (TPSA) is 53.6 Å². The van der Waals surface area contributed by atoms with Gasteiger partial charge in [-0.15, -0.1) is 0 Å². The number of benzene rings is 5. The van der Waals surface area contributed by atoms with Crippen LogP contribution in [0.25, 0.3) is 44.2 Å². The number of hydrogen-bond donors (Lipinski definition) is 2. The zero-order chi connectivity index (χ0) is 23.3. The maximum absolute atomic E-state index is 10.5. The number of fused-ring (bicyclic) bond motifs is 14. The molecule has 5 aromatic carbocycles. The zero-order valence-corrected chi connectivity index (χ0v) is 18.7. The summed E-state index contributed by atoms with van der Waals surface area (Å²) >= 11 is 0. The summed E-state index contributed by atoms with van der Waals surface area (Å²) in [6.45, 7) is 0. The lowest BCUT2D eigenvalue weighted by Crippen LogP contribution is -2.33. The zero-order valence-electron chi connectivity index (χ0n) is 18.7. The molecule has 8 rings (SSSR count). The van der Waals surface area contributed by atoms with Gasteiger partial charge in [-0.05, 0) is 50.6 Å². The van der Waals surface area contributed by atoms with Gasteiger partial charge in [0.15, 0.2) is 0 Å². The molecular formula is C31H19BO3. The van der Waals surface area contributed by atoms with Crippen LogP contribution in [0.3, 0.4) is 0 Å². The number of furan rings is 1. The predicted octanol–water partition coefficient (Wildman–Crippen LogP) is 5.61. The van der Waals surface area contributed by atoms with Gasteiger partial charge < -0.3 is 14.5 Å². The van der Waals surface area contributed by atoms with Crippen molar-refractivity contribution >= 4 is 34.5 Å². The Morgan fingerprint density at radius 1 is 0.600 bits per heavy atom. The Balaban J connectivity index is 1.67. The molecule has 4 heteroatoms. The highest BCUT2D eigenvalue weighted by atomic mass is 16.4. The number of para-hydroxylation sites is 1. The maximum atomic E-state index is 10.5. The minimum Gasteiger partial charge on any atom is -0.456 e. The van der Waals surface area contributed by atoms with Crippen molar-refractivity contribution in [2.75, 3.05) is 0 Å². The van der Waals surface area contributed by atoms with Crippen molar-refractivity contribution in [2.24, 2.45) is 0 Å². The molecule has 2 aliphatic carbocycles. The number of rotatable bonds is 1. The van der Waals surface area contributed by atoms with Crippen molar-refractivity contribution in [1.29, 1.82) is 0 Å². The van der Waals surface area contributed by atoms with E-state index in [1.165, 1.54) is 27.8 Å². The highest BCUT2D eigenvalue weighted by Crippen LogP contribution is 2.63. The van der Waals surface area contributed by atoms with Gasteiger partial charge in [0.25, 0.3) is 0 Å². The normalized spacial score (nSPS) is 14.2. The standard InChI is InChI=1S/C31H19BO3/c33-32(34)26-17-25-28(29-21-12-4-8-16-27(21)35-30(26)29)20-11-3-7-15-24(20)31(25)22-13-5-1-9-18(22)19-10-2-6-14-23(19)31/h1-17,33-34H. The molecule has 1 heterocycles. The van der Waals surface area contributed by atoms with Crippen LogP contribution in [0.4, 0.5) is 0 Å². The average Bonchev–Trinajstić information content (AvgIpc) is 3.52. The van der Waals surface area contributed by atoms with Gasteiger partial charge in [-0.25, -0.2) is 0 Å². The molecule has 2 N–H and O–H groups in total. The van der Waals surface area contributed by atoms with Crippen LogP contribution in [0.15, 0.2) is 108 Å². The first-order valence-corrected chi connectivity index (χ1v) is 11.9. The lowest BCUT2D eigenvalue weighted by molar-refractivity contribution is 0.425. The minimum absolute atomic E-state index is 0.393. The van der Waals surface area contributed by atoms with Gasteiger partial charge in [-0.3, -0.25) is 0 Å². The first-order valence-electron chi connectivity index (χ1n) is 11.9. The SMILES string of the molecule is OB(O)c1cc2c(c3c1oc1ccccc13)-c1ccccc1C21c2ccccc2-c2ccccc21. The summed E-state index contributed by atoms with van der Waals surface area (Å²) in [6, 6.07) is 35.7. The summed E-state index contributed by atoms with van der Waals surface area (Å²) in [5.41, 5.74) is 10.5. The molecule has 0 saturated heterocycles. The summed E-state index contributed by atoms with van der Waals surface area (Å²) in [6.07, 6.45) is 0. The van der Waals surface area contributed by atoms with E-state index in [0.29, 0.717) is 11.0 Å². The second kappa shape index (κ2) is 6.51. The van der Waals surface area contributed by atoms with Crippen molar-refractivity contribution in [3.63, 3.8) is 0 Å². The molecule has 1 aromatic heterocycles. The Kier molecular flexibility index (Phi) is 3.57. The molecular weight excluding hydrogens is 431 g/mol. The van der Waals surface area contributed by atoms with Gasteiger partial charge in [0.2, 0.25) is 0 Å². The molecule has 0 saturated carbocycles. The first-order chi connectivity index (χ1) is 17.2. The quantitative estimate of drug-likeness (QED) is 0.320. The van der Waals surface area contributed by atoms with Crippen LogP contribution in [0.5, 0.6) is 0 Å². The molecule has 3 nitrogen and oxygen atoms in total. The second-order valence-corrected chi connectivity index (χ2v) is 9.45. The number of hydrogen-bond acceptors (Lipinski definition) is 3. The monoisotopic (exact) mass is 450 g/mol. The lowest BCUT2D eigenvalue weighted by Gasteiger charge is -2.30. The molecule has 1 spiro atoms. The van der Waals surface area contributed by atoms with Gasteiger partial charge in [0.05, 0.1) is 5.41 Å². The van der Waals surface area contributed by atoms with Crippen molar-refractivity contribution in [3.8, 4) is 22.3 Å². The largest absolute Gasteiger partial charge is 0.492 e. The van der Waals surface area contributed by atoms with Gasteiger partial charge >= 0.3 is 7.12 Å². The molecule has 0 bridgehead atoms. The molecule has 0 amide bonds. The fourth-order valence-electron chi connectivity index (χ4n) is 6.68. The molecule has 35 heavy (non-hydrogen) atoms. The van der Waals surface area contributed by atoms with Crippen molar-refractivity contribution in [3.05, 3.63) is 125 Å². The highest BCUT2D eigenvalue weighted by molar-refractivity contribution is 6.62. The van der Waals surface area contributed by atoms with Crippen LogP contribution in [0.1, 0.15) is 22.3 Å². The van der Waals surface area contributed by atoms with Crippen LogP contribution >= 0.6 is 0 Å². The molecule has 6 aromatic rings. The second-order valence-electron chi connectivity index (χ2n) is 9.45. The minimum atomic E-state index is -1.66. The predicted molar refractivity (Wildman–Crippen MR) is 140 cm³/mol. The van der Waals surface area contributed by atoms with E-state index in [4.69, 9.17) is 4.42 Å². The van der Waals surface area contributed by atoms with E-state index in [9.17, 15) is 10.0 Å². The van der Waals surface area contributed by atoms with E-state index < -0.39 is 12.5 Å². The summed E-state index contributed by atoms with van der Waals surface area (Å²) in [4.78, 5) is 0. The molecule has 0 radical (unpaired) electrons. The summed E-state index contributed by atoms with van der Waals surface area (Å²) < 4.78 is 6.26. The van der Waals surface area contributed by atoms with E-state index in [0.717, 1.165) is 33.0 Å². The summed E-state index contributed by atoms with van der Waals surface area (Å²) in [5, 5.41) is 22.9. The Labute approximate surface area is 202 Å². The van der Waals surface area contributed by atoms with E-state index in [-0.39, 0.29) is 0 Å². The van der Waals surface area contributed by atoms with Crippen LogP contribution < -0.4 is 5.46 Å². The Morgan fingerprint density at radius 2 is 1.14 bits per heavy atom. The smallest absolute Gasteiger partial charge is 0.456 e. The molecule has 0 unspecified atom stereocenters. The highest BCUT2D eigenvalue weighted by Gasteiger charge is 2.52. The van der Waals surface area contributed by atoms with E-state index >= 15 is 0 Å². The van der Waals surface area contributed by atoms with Gasteiger partial charge in [-0.2, -0.15) is 0 Å². The van der Waals surface area contributed by atoms with Gasteiger partial charge in [-0.1, -0.05) is 97.1 Å². The van der Waals surface area contributed by atoms with Crippen LogP contribution in [0.2, 0.25) is 0 Å². The molecule has 2 aliphatic rings. The Hall–Kier alpha value is -4.12. The van der Waals surface area contributed by atoms with E-state index in [1.54, 1.807) is 0 Å². The van der Waals surface area contributed by atoms with Crippen molar-refractivity contribution < 1.29 is 14.5 Å². The fourth-order valence-corrected chi connectivity index (χ4v) is 6.68. The summed E-state index contributed by atoms with van der Waals surface area (Å²) in [5.74, 6) is 0. The van der Waals surface area contributed by atoms with Gasteiger partial charge in [0.1, 0.15) is 11.2 Å². The Morgan fingerprint density at radius 3 is 1.80 bits per heavy atom. The van der Waals surface area contributed by atoms with Crippen molar-refractivity contribution in [2.45, 2.75) is 5.41 Å². The van der Waals surface area contributed by atoms with Crippen LogP contribution in [0, 0.1) is 0 Å². The van der Waals surface area contributed by atoms with Crippen molar-refractivity contribution in [1.82, 2.24) is 0 Å². The molecule has 0 fully saturated rings. The third-order valence-electron chi connectivity index (χ3n) is 7.91. The molecule has 0 aliphatic heterocycles. The van der Waals surface area contributed by atoms with E-state index in [1.807, 2.05) is 24.3 Å². The summed E-state index contributed by atoms with van der Waals surface area (Å²) in [7, 11) is -1.66. The first kappa shape index (κ1) is 19.2. The lowest BCUT2D eigenvalue weighted by atomic mass is 9.68. The van der Waals surface area contributed by atoms with Crippen LogP contribution in [-0.2, 0) is 5.41 Å². The third kappa shape index (κ3) is 2.15. The van der Waals surface area contributed by atoms with E-state index in [2.05, 4.69) is 78.9 Å². The fraction of sp³-hybridized carbons (Fsp3) is 0.0323. The van der Waals surface area contributed by atoms with Crippen LogP contribution in [-0.4, -0.2) is 17.2 Å². The molecule has 164 valence electrons. The van der Waals surface area contributed by atoms with Gasteiger partial charge in [0, 0.05) is 16.2 Å². The molecule has 0 atom stereocenters.